The fourth-order valence-corrected chi connectivity index (χ4v) is 3.58. The van der Waals surface area contributed by atoms with Gasteiger partial charge in [0, 0.05) is 10.6 Å². The van der Waals surface area contributed by atoms with Crippen molar-refractivity contribution in [3.05, 3.63) is 63.6 Å². The zero-order valence-electron chi connectivity index (χ0n) is 12.9. The summed E-state index contributed by atoms with van der Waals surface area (Å²) in [6.45, 7) is 1.68. The molecule has 0 saturated carbocycles. The number of nitrogens with one attached hydrogen (secondary N) is 1. The number of hydrogen-bond donors (Lipinski definition) is 1. The first-order chi connectivity index (χ1) is 11.3. The monoisotopic (exact) mass is 387 g/mol. The minimum atomic E-state index is -3.78. The van der Waals surface area contributed by atoms with Crippen molar-refractivity contribution in [1.29, 1.82) is 0 Å². The Morgan fingerprint density at radius 3 is 2.42 bits per heavy atom. The molecular formula is C16H15Cl2NO4S. The third-order valence-corrected chi connectivity index (χ3v) is 5.59. The molecule has 8 heteroatoms. The molecule has 5 nitrogen and oxygen atoms in total. The normalized spacial score (nSPS) is 12.7. The number of benzene rings is 2. The summed E-state index contributed by atoms with van der Waals surface area (Å²) in [5.74, 6) is -0.674. The molecule has 0 saturated heterocycles. The highest BCUT2D eigenvalue weighted by Crippen LogP contribution is 2.27. The number of halogens is 2. The molecule has 0 unspecified atom stereocenters. The van der Waals surface area contributed by atoms with Crippen LogP contribution in [-0.4, -0.2) is 21.4 Å². The Morgan fingerprint density at radius 2 is 1.79 bits per heavy atom. The second-order valence-electron chi connectivity index (χ2n) is 4.92. The van der Waals surface area contributed by atoms with Gasteiger partial charge < -0.3 is 4.74 Å². The van der Waals surface area contributed by atoms with Crippen molar-refractivity contribution in [1.82, 2.24) is 4.72 Å². The number of sulfonamides is 1. The highest BCUT2D eigenvalue weighted by molar-refractivity contribution is 7.89. The van der Waals surface area contributed by atoms with Crippen molar-refractivity contribution < 1.29 is 17.9 Å². The van der Waals surface area contributed by atoms with E-state index in [-0.39, 0.29) is 15.5 Å². The van der Waals surface area contributed by atoms with Gasteiger partial charge in [0.25, 0.3) is 0 Å². The van der Waals surface area contributed by atoms with Gasteiger partial charge in [-0.1, -0.05) is 41.4 Å². The molecule has 2 aromatic carbocycles. The van der Waals surface area contributed by atoms with E-state index >= 15 is 0 Å². The summed E-state index contributed by atoms with van der Waals surface area (Å²) in [5.41, 5.74) is 0.733. The minimum absolute atomic E-state index is 0.0139. The second-order valence-corrected chi connectivity index (χ2v) is 7.59. The lowest BCUT2D eigenvalue weighted by Crippen LogP contribution is -2.19. The Morgan fingerprint density at radius 1 is 1.12 bits per heavy atom. The molecule has 1 atom stereocenters. The van der Waals surface area contributed by atoms with Crippen molar-refractivity contribution in [2.45, 2.75) is 17.9 Å². The Bertz CT molecular complexity index is 868. The van der Waals surface area contributed by atoms with Crippen LogP contribution in [0.1, 0.15) is 28.9 Å². The fourth-order valence-electron chi connectivity index (χ4n) is 2.04. The summed E-state index contributed by atoms with van der Waals surface area (Å²) in [7, 11) is -2.52. The van der Waals surface area contributed by atoms with E-state index in [0.29, 0.717) is 10.6 Å². The minimum Gasteiger partial charge on any atom is -0.454 e. The number of ether oxygens (including phenoxy) is 1. The number of carbonyl (C=O) groups excluding carboxylic acids is 1. The van der Waals surface area contributed by atoms with Gasteiger partial charge in [0.1, 0.15) is 11.0 Å². The van der Waals surface area contributed by atoms with Gasteiger partial charge in [0.05, 0.1) is 10.6 Å². The van der Waals surface area contributed by atoms with Crippen LogP contribution in [0.15, 0.2) is 47.4 Å². The highest BCUT2D eigenvalue weighted by atomic mass is 35.5. The van der Waals surface area contributed by atoms with Gasteiger partial charge in [-0.2, -0.15) is 0 Å². The third-order valence-electron chi connectivity index (χ3n) is 3.35. The van der Waals surface area contributed by atoms with Crippen molar-refractivity contribution in [3.8, 4) is 0 Å². The summed E-state index contributed by atoms with van der Waals surface area (Å²) in [6, 6.07) is 10.9. The molecule has 0 spiro atoms. The molecule has 0 fully saturated rings. The predicted molar refractivity (Wildman–Crippen MR) is 93.0 cm³/mol. The number of hydrogen-bond acceptors (Lipinski definition) is 4. The lowest BCUT2D eigenvalue weighted by atomic mass is 10.1. The predicted octanol–water partition coefficient (Wildman–Crippen LogP) is 3.82. The molecule has 0 radical (unpaired) electrons. The maximum absolute atomic E-state index is 12.3. The lowest BCUT2D eigenvalue weighted by molar-refractivity contribution is 0.0338. The van der Waals surface area contributed by atoms with E-state index in [0.717, 1.165) is 0 Å². The first-order valence-corrected chi connectivity index (χ1v) is 9.18. The van der Waals surface area contributed by atoms with Crippen molar-refractivity contribution in [2.24, 2.45) is 0 Å². The van der Waals surface area contributed by atoms with Gasteiger partial charge in [0.15, 0.2) is 0 Å². The van der Waals surface area contributed by atoms with E-state index in [1.165, 1.54) is 25.2 Å². The van der Waals surface area contributed by atoms with Crippen LogP contribution >= 0.6 is 23.2 Å². The molecule has 0 bridgehead atoms. The Balaban J connectivity index is 2.28. The topological polar surface area (TPSA) is 72.5 Å². The first kappa shape index (κ1) is 18.7. The number of carbonyl (C=O) groups is 1. The van der Waals surface area contributed by atoms with Crippen LogP contribution in [0.5, 0.6) is 0 Å². The van der Waals surface area contributed by atoms with Crippen molar-refractivity contribution in [3.63, 3.8) is 0 Å². The van der Waals surface area contributed by atoms with Crippen LogP contribution in [0.3, 0.4) is 0 Å². The summed E-state index contributed by atoms with van der Waals surface area (Å²) in [5, 5.41) is 0.493. The van der Waals surface area contributed by atoms with E-state index in [9.17, 15) is 13.2 Å². The maximum Gasteiger partial charge on any atom is 0.338 e. The molecule has 1 N–H and O–H groups in total. The maximum atomic E-state index is 12.3. The second kappa shape index (κ2) is 7.53. The van der Waals surface area contributed by atoms with E-state index < -0.39 is 22.1 Å². The quantitative estimate of drug-likeness (QED) is 0.791. The molecule has 0 aliphatic heterocycles. The zero-order chi connectivity index (χ0) is 17.9. The van der Waals surface area contributed by atoms with E-state index in [1.807, 2.05) is 0 Å². The Hall–Kier alpha value is -1.60. The van der Waals surface area contributed by atoms with Crippen LogP contribution in [0.4, 0.5) is 0 Å². The summed E-state index contributed by atoms with van der Waals surface area (Å²) in [4.78, 5) is 12.1. The number of esters is 1. The lowest BCUT2D eigenvalue weighted by Gasteiger charge is -2.15. The van der Waals surface area contributed by atoms with Crippen LogP contribution < -0.4 is 4.72 Å². The number of rotatable bonds is 5. The molecule has 2 aromatic rings. The largest absolute Gasteiger partial charge is 0.454 e. The van der Waals surface area contributed by atoms with Crippen molar-refractivity contribution >= 4 is 39.2 Å². The smallest absolute Gasteiger partial charge is 0.338 e. The van der Waals surface area contributed by atoms with Crippen LogP contribution in [-0.2, 0) is 14.8 Å². The Labute approximate surface area is 150 Å². The van der Waals surface area contributed by atoms with E-state index in [4.69, 9.17) is 27.9 Å². The van der Waals surface area contributed by atoms with Gasteiger partial charge in [0.2, 0.25) is 10.0 Å². The summed E-state index contributed by atoms with van der Waals surface area (Å²) >= 11 is 12.0. The molecule has 0 amide bonds. The molecule has 0 aromatic heterocycles. The van der Waals surface area contributed by atoms with Gasteiger partial charge in [-0.05, 0) is 38.2 Å². The molecule has 0 heterocycles. The molecule has 0 aliphatic rings. The van der Waals surface area contributed by atoms with Crippen LogP contribution in [0, 0.1) is 0 Å². The summed E-state index contributed by atoms with van der Waals surface area (Å²) < 4.78 is 31.4. The molecule has 24 heavy (non-hydrogen) atoms. The average Bonchev–Trinajstić information content (AvgIpc) is 2.55. The molecule has 0 aliphatic carbocycles. The molecule has 2 rings (SSSR count). The molecule has 128 valence electrons. The van der Waals surface area contributed by atoms with Gasteiger partial charge in [-0.15, -0.1) is 0 Å². The van der Waals surface area contributed by atoms with Crippen molar-refractivity contribution in [2.75, 3.05) is 7.05 Å². The van der Waals surface area contributed by atoms with E-state index in [2.05, 4.69) is 4.72 Å². The molecular weight excluding hydrogens is 373 g/mol. The van der Waals surface area contributed by atoms with Crippen LogP contribution in [0.25, 0.3) is 0 Å². The SMILES string of the molecule is CNS(=O)(=O)c1cc(C(=O)O[C@@H](C)c2ccccc2Cl)ccc1Cl. The fraction of sp³-hybridized carbons (Fsp3) is 0.188. The van der Waals surface area contributed by atoms with Gasteiger partial charge in [-0.3, -0.25) is 0 Å². The highest BCUT2D eigenvalue weighted by Gasteiger charge is 2.21. The average molecular weight is 388 g/mol. The van der Waals surface area contributed by atoms with E-state index in [1.54, 1.807) is 31.2 Å². The van der Waals surface area contributed by atoms with Gasteiger partial charge in [-0.25, -0.2) is 17.9 Å². The van der Waals surface area contributed by atoms with Crippen LogP contribution in [0.2, 0.25) is 10.0 Å². The zero-order valence-corrected chi connectivity index (χ0v) is 15.2. The first-order valence-electron chi connectivity index (χ1n) is 6.94. The standard InChI is InChI=1S/C16H15Cl2NO4S/c1-10(12-5-3-4-6-13(12)17)23-16(20)11-7-8-14(18)15(9-11)24(21,22)19-2/h3-10,19H,1-2H3/t10-/m0/s1. The summed E-state index contributed by atoms with van der Waals surface area (Å²) in [6.07, 6.45) is -0.591. The Kier molecular flexibility index (Phi) is 5.87. The third kappa shape index (κ3) is 4.08. The van der Waals surface area contributed by atoms with Gasteiger partial charge >= 0.3 is 5.97 Å².